The van der Waals surface area contributed by atoms with Crippen LogP contribution in [0.15, 0.2) is 9.63 Å². The summed E-state index contributed by atoms with van der Waals surface area (Å²) in [6.07, 6.45) is -0.732. The lowest BCUT2D eigenvalue weighted by molar-refractivity contribution is 0.129. The third-order valence-corrected chi connectivity index (χ3v) is 4.55. The molecule has 0 saturated heterocycles. The maximum absolute atomic E-state index is 11.9. The molecule has 9 heteroatoms. The summed E-state index contributed by atoms with van der Waals surface area (Å²) in [5.41, 5.74) is 0. The van der Waals surface area contributed by atoms with Crippen LogP contribution in [0.1, 0.15) is 13.8 Å². The smallest absolute Gasteiger partial charge is 0.260 e. The number of aryl methyl sites for hydroxylation is 1. The van der Waals surface area contributed by atoms with Gasteiger partial charge in [-0.3, -0.25) is 0 Å². The molecule has 1 unspecified atom stereocenters. The average Bonchev–Trinajstić information content (AvgIpc) is 2.55. The van der Waals surface area contributed by atoms with Gasteiger partial charge < -0.3 is 5.11 Å². The van der Waals surface area contributed by atoms with Crippen molar-refractivity contribution in [2.45, 2.75) is 25.0 Å². The zero-order valence-electron chi connectivity index (χ0n) is 9.75. The molecule has 0 radical (unpaired) electrons. The number of aliphatic hydroxyl groups excluding tert-OH is 1. The molecule has 1 atom stereocenters. The van der Waals surface area contributed by atoms with Crippen LogP contribution in [-0.4, -0.2) is 41.2 Å². The molecule has 0 aromatic carbocycles. The van der Waals surface area contributed by atoms with E-state index in [4.69, 9.17) is 0 Å². The fraction of sp³-hybridized carbons (Fsp3) is 0.750. The third-order valence-electron chi connectivity index (χ3n) is 2.24. The van der Waals surface area contributed by atoms with Crippen LogP contribution in [0.3, 0.4) is 0 Å². The van der Waals surface area contributed by atoms with E-state index in [1.165, 1.54) is 7.05 Å². The highest BCUT2D eigenvalue weighted by molar-refractivity contribution is 9.10. The third kappa shape index (κ3) is 3.47. The van der Waals surface area contributed by atoms with Gasteiger partial charge in [-0.05, 0) is 21.8 Å². The Hall–Kier alpha value is -0.510. The fourth-order valence-corrected chi connectivity index (χ4v) is 3.25. The lowest BCUT2D eigenvalue weighted by Gasteiger charge is -2.15. The maximum Gasteiger partial charge on any atom is 0.260 e. The monoisotopic (exact) mass is 326 g/mol. The highest BCUT2D eigenvalue weighted by atomic mass is 79.9. The van der Waals surface area contributed by atoms with E-state index in [0.717, 1.165) is 4.68 Å². The van der Waals surface area contributed by atoms with Crippen molar-refractivity contribution in [3.05, 3.63) is 4.60 Å². The molecule has 0 aliphatic heterocycles. The van der Waals surface area contributed by atoms with Gasteiger partial charge >= 0.3 is 0 Å². The zero-order valence-corrected chi connectivity index (χ0v) is 12.2. The number of rotatable bonds is 5. The second-order valence-electron chi connectivity index (χ2n) is 3.97. The molecular formula is C8H15BrN4O3S. The molecule has 0 amide bonds. The van der Waals surface area contributed by atoms with E-state index in [-0.39, 0.29) is 22.1 Å². The van der Waals surface area contributed by atoms with Crippen LogP contribution in [0, 0.1) is 5.92 Å². The van der Waals surface area contributed by atoms with Crippen LogP contribution < -0.4 is 4.72 Å². The number of aliphatic hydroxyl groups is 1. The van der Waals surface area contributed by atoms with E-state index >= 15 is 0 Å². The van der Waals surface area contributed by atoms with Crippen molar-refractivity contribution >= 4 is 26.0 Å². The number of nitrogens with one attached hydrogen (secondary N) is 1. The molecule has 7 nitrogen and oxygen atoms in total. The Morgan fingerprint density at radius 3 is 2.53 bits per heavy atom. The van der Waals surface area contributed by atoms with E-state index < -0.39 is 16.1 Å². The van der Waals surface area contributed by atoms with E-state index in [1.807, 2.05) is 0 Å². The summed E-state index contributed by atoms with van der Waals surface area (Å²) in [6.45, 7) is 3.57. The average molecular weight is 327 g/mol. The van der Waals surface area contributed by atoms with E-state index in [9.17, 15) is 13.5 Å². The fourth-order valence-electron chi connectivity index (χ4n) is 1.11. The number of hydrogen-bond acceptors (Lipinski definition) is 5. The van der Waals surface area contributed by atoms with Gasteiger partial charge in [0.2, 0.25) is 5.03 Å². The van der Waals surface area contributed by atoms with Crippen molar-refractivity contribution in [2.75, 3.05) is 6.54 Å². The predicted octanol–water partition coefficient (Wildman–Crippen LogP) is -0.127. The molecule has 98 valence electrons. The van der Waals surface area contributed by atoms with Gasteiger partial charge in [0.1, 0.15) is 0 Å². The summed E-state index contributed by atoms with van der Waals surface area (Å²) < 4.78 is 27.4. The van der Waals surface area contributed by atoms with Crippen molar-refractivity contribution < 1.29 is 13.5 Å². The van der Waals surface area contributed by atoms with E-state index in [2.05, 4.69) is 31.0 Å². The van der Waals surface area contributed by atoms with Crippen molar-refractivity contribution in [1.29, 1.82) is 0 Å². The molecule has 1 aromatic heterocycles. The first-order valence-electron chi connectivity index (χ1n) is 4.98. The summed E-state index contributed by atoms with van der Waals surface area (Å²) in [5.74, 6) is -0.0224. The van der Waals surface area contributed by atoms with Gasteiger partial charge in [-0.1, -0.05) is 19.1 Å². The van der Waals surface area contributed by atoms with Gasteiger partial charge in [0, 0.05) is 13.6 Å². The molecule has 0 aliphatic carbocycles. The Bertz CT molecular complexity index is 465. The summed E-state index contributed by atoms with van der Waals surface area (Å²) in [6, 6.07) is 0. The van der Waals surface area contributed by atoms with Crippen molar-refractivity contribution in [1.82, 2.24) is 19.7 Å². The minimum Gasteiger partial charge on any atom is -0.391 e. The second-order valence-corrected chi connectivity index (χ2v) is 6.41. The number of sulfonamides is 1. The lowest BCUT2D eigenvalue weighted by Crippen LogP contribution is -2.35. The topological polar surface area (TPSA) is 97.1 Å². The second kappa shape index (κ2) is 5.42. The highest BCUT2D eigenvalue weighted by Crippen LogP contribution is 2.17. The maximum atomic E-state index is 11.9. The molecule has 2 N–H and O–H groups in total. The SMILES string of the molecule is CC(C)C(O)CNS(=O)(=O)c1c(Br)nnn1C. The van der Waals surface area contributed by atoms with Crippen LogP contribution in [-0.2, 0) is 17.1 Å². The normalized spacial score (nSPS) is 14.2. The van der Waals surface area contributed by atoms with Crippen LogP contribution in [0.4, 0.5) is 0 Å². The van der Waals surface area contributed by atoms with Crippen molar-refractivity contribution in [3.63, 3.8) is 0 Å². The first-order chi connectivity index (χ1) is 7.75. The summed E-state index contributed by atoms with van der Waals surface area (Å²) >= 11 is 3.01. The number of aromatic nitrogens is 3. The predicted molar refractivity (Wildman–Crippen MR) is 64.7 cm³/mol. The first kappa shape index (κ1) is 14.6. The minimum absolute atomic E-state index is 0.0224. The van der Waals surface area contributed by atoms with Crippen molar-refractivity contribution in [3.8, 4) is 0 Å². The Labute approximate surface area is 108 Å². The minimum atomic E-state index is -3.73. The Morgan fingerprint density at radius 1 is 1.53 bits per heavy atom. The molecule has 0 aliphatic rings. The van der Waals surface area contributed by atoms with Gasteiger partial charge in [-0.25, -0.2) is 17.8 Å². The van der Waals surface area contributed by atoms with Crippen LogP contribution >= 0.6 is 15.9 Å². The molecule has 17 heavy (non-hydrogen) atoms. The first-order valence-corrected chi connectivity index (χ1v) is 7.26. The standard InChI is InChI=1S/C8H15BrN4O3S/c1-5(2)6(14)4-10-17(15,16)8-7(9)11-12-13(8)3/h5-6,10,14H,4H2,1-3H3. The van der Waals surface area contributed by atoms with Gasteiger partial charge in [-0.2, -0.15) is 0 Å². The Kier molecular flexibility index (Phi) is 4.64. The number of nitrogens with zero attached hydrogens (tertiary/aromatic N) is 3. The van der Waals surface area contributed by atoms with Gasteiger partial charge in [-0.15, -0.1) is 5.10 Å². The van der Waals surface area contributed by atoms with Crippen LogP contribution in [0.2, 0.25) is 0 Å². The van der Waals surface area contributed by atoms with Gasteiger partial charge in [0.15, 0.2) is 4.60 Å². The number of halogens is 1. The molecular weight excluding hydrogens is 312 g/mol. The molecule has 1 rings (SSSR count). The quantitative estimate of drug-likeness (QED) is 0.785. The van der Waals surface area contributed by atoms with Crippen LogP contribution in [0.25, 0.3) is 0 Å². The summed E-state index contributed by atoms with van der Waals surface area (Å²) in [5, 5.41) is 16.7. The van der Waals surface area contributed by atoms with E-state index in [1.54, 1.807) is 13.8 Å². The Balaban J connectivity index is 2.84. The highest BCUT2D eigenvalue weighted by Gasteiger charge is 2.24. The Morgan fingerprint density at radius 2 is 2.12 bits per heavy atom. The summed E-state index contributed by atoms with van der Waals surface area (Å²) in [4.78, 5) is 0. The molecule has 0 saturated carbocycles. The lowest BCUT2D eigenvalue weighted by atomic mass is 10.1. The molecule has 0 fully saturated rings. The zero-order chi connectivity index (χ0) is 13.2. The van der Waals surface area contributed by atoms with Crippen LogP contribution in [0.5, 0.6) is 0 Å². The molecule has 0 bridgehead atoms. The van der Waals surface area contributed by atoms with Gasteiger partial charge in [0.25, 0.3) is 10.0 Å². The number of hydrogen-bond donors (Lipinski definition) is 2. The summed E-state index contributed by atoms with van der Waals surface area (Å²) in [7, 11) is -2.25. The molecule has 1 heterocycles. The van der Waals surface area contributed by atoms with E-state index in [0.29, 0.717) is 0 Å². The molecule has 1 aromatic rings. The van der Waals surface area contributed by atoms with Crippen molar-refractivity contribution in [2.24, 2.45) is 13.0 Å². The van der Waals surface area contributed by atoms with Gasteiger partial charge in [0.05, 0.1) is 6.10 Å². The molecule has 0 spiro atoms. The largest absolute Gasteiger partial charge is 0.391 e.